The number of halogens is 1. The van der Waals surface area contributed by atoms with Crippen molar-refractivity contribution < 1.29 is 9.18 Å². The number of likely N-dealkylation sites (N-methyl/N-ethyl adjacent to an activating group) is 1. The van der Waals surface area contributed by atoms with Crippen molar-refractivity contribution in [2.24, 2.45) is 0 Å². The molecule has 1 aliphatic rings. The van der Waals surface area contributed by atoms with Crippen LogP contribution >= 0.6 is 0 Å². The number of nitrogens with zero attached hydrogens (tertiary/aromatic N) is 2. The Hall–Kier alpha value is -1.42. The van der Waals surface area contributed by atoms with Crippen LogP contribution in [0.5, 0.6) is 0 Å². The molecule has 1 aromatic rings. The van der Waals surface area contributed by atoms with Gasteiger partial charge in [0.25, 0.3) is 0 Å². The molecule has 0 saturated carbocycles. The van der Waals surface area contributed by atoms with Crippen LogP contribution in [0.4, 0.5) is 10.1 Å². The lowest BCUT2D eigenvalue weighted by Crippen LogP contribution is -2.32. The lowest BCUT2D eigenvalue weighted by Gasteiger charge is -2.23. The Balaban J connectivity index is 2.32. The van der Waals surface area contributed by atoms with Crippen molar-refractivity contribution in [3.63, 3.8) is 0 Å². The van der Waals surface area contributed by atoms with Crippen molar-refractivity contribution in [1.29, 1.82) is 0 Å². The molecule has 1 aromatic carbocycles. The molecular weight excluding hydrogens is 231 g/mol. The van der Waals surface area contributed by atoms with Crippen molar-refractivity contribution in [1.82, 2.24) is 4.90 Å². The second-order valence-electron chi connectivity index (χ2n) is 5.04. The predicted molar refractivity (Wildman–Crippen MR) is 70.7 cm³/mol. The first kappa shape index (κ1) is 13.0. The molecule has 0 bridgehead atoms. The van der Waals surface area contributed by atoms with E-state index in [2.05, 4.69) is 4.90 Å². The van der Waals surface area contributed by atoms with Crippen LogP contribution in [0.15, 0.2) is 18.2 Å². The van der Waals surface area contributed by atoms with Crippen LogP contribution in [0.2, 0.25) is 0 Å². The summed E-state index contributed by atoms with van der Waals surface area (Å²) >= 11 is 0. The molecule has 0 N–H and O–H groups in total. The lowest BCUT2D eigenvalue weighted by atomic mass is 10.1. The highest BCUT2D eigenvalue weighted by Crippen LogP contribution is 2.29. The fourth-order valence-corrected chi connectivity index (χ4v) is 2.49. The van der Waals surface area contributed by atoms with Crippen molar-refractivity contribution in [2.75, 3.05) is 32.1 Å². The molecule has 0 amide bonds. The van der Waals surface area contributed by atoms with Gasteiger partial charge in [0.1, 0.15) is 5.82 Å². The van der Waals surface area contributed by atoms with Crippen LogP contribution in [0.3, 0.4) is 0 Å². The normalized spacial score (nSPS) is 19.6. The van der Waals surface area contributed by atoms with Gasteiger partial charge in [-0.05, 0) is 39.6 Å². The van der Waals surface area contributed by atoms with Crippen molar-refractivity contribution in [3.8, 4) is 0 Å². The van der Waals surface area contributed by atoms with Crippen LogP contribution in [0, 0.1) is 5.82 Å². The summed E-state index contributed by atoms with van der Waals surface area (Å²) in [6.45, 7) is 3.05. The van der Waals surface area contributed by atoms with Crippen LogP contribution in [-0.2, 0) is 0 Å². The fraction of sp³-hybridized carbons (Fsp3) is 0.500. The number of rotatable bonds is 3. The molecule has 1 heterocycles. The van der Waals surface area contributed by atoms with E-state index in [-0.39, 0.29) is 11.6 Å². The minimum atomic E-state index is -0.304. The van der Waals surface area contributed by atoms with E-state index < -0.39 is 0 Å². The zero-order valence-corrected chi connectivity index (χ0v) is 11.1. The summed E-state index contributed by atoms with van der Waals surface area (Å²) in [6, 6.07) is 5.13. The Labute approximate surface area is 107 Å². The van der Waals surface area contributed by atoms with Crippen LogP contribution in [-0.4, -0.2) is 43.9 Å². The Morgan fingerprint density at radius 3 is 2.72 bits per heavy atom. The summed E-state index contributed by atoms with van der Waals surface area (Å²) in [5.41, 5.74) is 0.948. The maximum absolute atomic E-state index is 14.0. The van der Waals surface area contributed by atoms with Gasteiger partial charge in [0.15, 0.2) is 5.78 Å². The molecule has 4 heteroatoms. The van der Waals surface area contributed by atoms with Crippen LogP contribution in [0.1, 0.15) is 23.7 Å². The van der Waals surface area contributed by atoms with Crippen molar-refractivity contribution in [3.05, 3.63) is 29.6 Å². The van der Waals surface area contributed by atoms with Gasteiger partial charge in [0.05, 0.1) is 5.69 Å². The second-order valence-corrected chi connectivity index (χ2v) is 5.04. The van der Waals surface area contributed by atoms with E-state index in [0.29, 0.717) is 17.3 Å². The number of carbonyl (C=O) groups excluding carboxylic acids is 1. The van der Waals surface area contributed by atoms with E-state index in [1.54, 1.807) is 12.1 Å². The van der Waals surface area contributed by atoms with Crippen molar-refractivity contribution >= 4 is 11.5 Å². The first-order chi connectivity index (χ1) is 8.50. The highest BCUT2D eigenvalue weighted by atomic mass is 19.1. The fourth-order valence-electron chi connectivity index (χ4n) is 2.49. The largest absolute Gasteiger partial charge is 0.367 e. The number of benzene rings is 1. The van der Waals surface area contributed by atoms with Gasteiger partial charge in [-0.25, -0.2) is 4.39 Å². The molecule has 1 aliphatic heterocycles. The quantitative estimate of drug-likeness (QED) is 0.768. The summed E-state index contributed by atoms with van der Waals surface area (Å²) in [4.78, 5) is 15.7. The predicted octanol–water partition coefficient (Wildman–Crippen LogP) is 2.17. The monoisotopic (exact) mass is 250 g/mol. The molecule has 0 aromatic heterocycles. The van der Waals surface area contributed by atoms with Crippen LogP contribution < -0.4 is 4.90 Å². The number of hydrogen-bond acceptors (Lipinski definition) is 3. The number of hydrogen-bond donors (Lipinski definition) is 0. The first-order valence-corrected chi connectivity index (χ1v) is 6.21. The van der Waals surface area contributed by atoms with Gasteiger partial charge in [-0.3, -0.25) is 4.79 Å². The number of ketones is 1. The molecule has 0 aliphatic carbocycles. The minimum Gasteiger partial charge on any atom is -0.367 e. The van der Waals surface area contributed by atoms with Crippen molar-refractivity contribution in [2.45, 2.75) is 19.4 Å². The maximum atomic E-state index is 14.0. The molecule has 1 atom stereocenters. The second kappa shape index (κ2) is 5.06. The van der Waals surface area contributed by atoms with Gasteiger partial charge in [-0.1, -0.05) is 6.07 Å². The zero-order valence-electron chi connectivity index (χ0n) is 11.1. The molecule has 1 unspecified atom stereocenters. The van der Waals surface area contributed by atoms with Gasteiger partial charge in [-0.2, -0.15) is 0 Å². The lowest BCUT2D eigenvalue weighted by molar-refractivity contribution is 0.101. The molecule has 0 spiro atoms. The standard InChI is InChI=1S/C14H19FN2O/c1-10(18)12-5-4-6-13(15)14(12)17-8-7-11(9-17)16(2)3/h4-6,11H,7-9H2,1-3H3. The number of carbonyl (C=O) groups is 1. The summed E-state index contributed by atoms with van der Waals surface area (Å²) in [7, 11) is 4.06. The van der Waals surface area contributed by atoms with Gasteiger partial charge < -0.3 is 9.80 Å². The molecular formula is C14H19FN2O. The molecule has 1 fully saturated rings. The third-order valence-electron chi connectivity index (χ3n) is 3.58. The number of Topliss-reactive ketones (excluding diaryl/α,β-unsaturated/α-hetero) is 1. The van der Waals surface area contributed by atoms with E-state index in [1.807, 2.05) is 19.0 Å². The van der Waals surface area contributed by atoms with Gasteiger partial charge >= 0.3 is 0 Å². The number of para-hydroxylation sites is 1. The van der Waals surface area contributed by atoms with E-state index >= 15 is 0 Å². The average molecular weight is 250 g/mol. The smallest absolute Gasteiger partial charge is 0.161 e. The molecule has 1 saturated heterocycles. The van der Waals surface area contributed by atoms with Gasteiger partial charge in [-0.15, -0.1) is 0 Å². The molecule has 98 valence electrons. The molecule has 18 heavy (non-hydrogen) atoms. The summed E-state index contributed by atoms with van der Waals surface area (Å²) in [5.74, 6) is -0.389. The summed E-state index contributed by atoms with van der Waals surface area (Å²) < 4.78 is 14.0. The Kier molecular flexibility index (Phi) is 3.66. The SMILES string of the molecule is CC(=O)c1cccc(F)c1N1CCC(N(C)C)C1. The maximum Gasteiger partial charge on any atom is 0.161 e. The topological polar surface area (TPSA) is 23.6 Å². The number of anilines is 1. The van der Waals surface area contributed by atoms with Crippen LogP contribution in [0.25, 0.3) is 0 Å². The Morgan fingerprint density at radius 1 is 1.44 bits per heavy atom. The highest BCUT2D eigenvalue weighted by Gasteiger charge is 2.28. The average Bonchev–Trinajstić information content (AvgIpc) is 2.77. The third-order valence-corrected chi connectivity index (χ3v) is 3.58. The van der Waals surface area contributed by atoms with E-state index in [0.717, 1.165) is 19.5 Å². The molecule has 2 rings (SSSR count). The Bertz CT molecular complexity index is 459. The van der Waals surface area contributed by atoms with Gasteiger partial charge in [0, 0.05) is 24.7 Å². The first-order valence-electron chi connectivity index (χ1n) is 6.21. The van der Waals surface area contributed by atoms with E-state index in [4.69, 9.17) is 0 Å². The van der Waals surface area contributed by atoms with Gasteiger partial charge in [0.2, 0.25) is 0 Å². The summed E-state index contributed by atoms with van der Waals surface area (Å²) in [5, 5.41) is 0. The molecule has 3 nitrogen and oxygen atoms in total. The third kappa shape index (κ3) is 2.38. The summed E-state index contributed by atoms with van der Waals surface area (Å²) in [6.07, 6.45) is 0.999. The van der Waals surface area contributed by atoms with E-state index in [9.17, 15) is 9.18 Å². The minimum absolute atomic E-state index is 0.0854. The highest BCUT2D eigenvalue weighted by molar-refractivity contribution is 5.99. The zero-order chi connectivity index (χ0) is 13.3. The Morgan fingerprint density at radius 2 is 2.17 bits per heavy atom. The van der Waals surface area contributed by atoms with E-state index in [1.165, 1.54) is 13.0 Å². The molecule has 0 radical (unpaired) electrons.